The Balaban J connectivity index is 2.66. The second-order valence-electron chi connectivity index (χ2n) is 4.28. The molecule has 0 unspecified atom stereocenters. The van der Waals surface area contributed by atoms with Gasteiger partial charge in [0.05, 0.1) is 6.61 Å². The van der Waals surface area contributed by atoms with Crippen LogP contribution in [0.3, 0.4) is 0 Å². The monoisotopic (exact) mass is 200 g/mol. The quantitative estimate of drug-likeness (QED) is 0.709. The third-order valence-corrected chi connectivity index (χ3v) is 2.62. The number of hydrogen-bond acceptors (Lipinski definition) is 3. The maximum Gasteiger partial charge on any atom is 0.224 e. The van der Waals surface area contributed by atoms with Gasteiger partial charge in [0.15, 0.2) is 0 Å². The molecule has 0 aromatic heterocycles. The van der Waals surface area contributed by atoms with E-state index in [2.05, 4.69) is 19.2 Å². The average Bonchev–Trinajstić information content (AvgIpc) is 2.23. The third-order valence-electron chi connectivity index (χ3n) is 2.62. The zero-order chi connectivity index (χ0) is 10.6. The predicted molar refractivity (Wildman–Crippen MR) is 55.2 cm³/mol. The van der Waals surface area contributed by atoms with Crippen molar-refractivity contribution in [3.63, 3.8) is 0 Å². The Bertz CT molecular complexity index is 204. The number of methoxy groups -OCH3 is 1. The van der Waals surface area contributed by atoms with Gasteiger partial charge in [-0.3, -0.25) is 4.79 Å². The van der Waals surface area contributed by atoms with E-state index in [9.17, 15) is 4.79 Å². The molecule has 0 radical (unpaired) electrons. The summed E-state index contributed by atoms with van der Waals surface area (Å²) >= 11 is 0. The van der Waals surface area contributed by atoms with E-state index in [0.717, 1.165) is 13.1 Å². The largest absolute Gasteiger partial charge is 0.383 e. The van der Waals surface area contributed by atoms with Crippen LogP contribution in [0, 0.1) is 0 Å². The van der Waals surface area contributed by atoms with Crippen molar-refractivity contribution in [3.05, 3.63) is 0 Å². The summed E-state index contributed by atoms with van der Waals surface area (Å²) < 4.78 is 5.01. The van der Waals surface area contributed by atoms with Crippen LogP contribution in [0.2, 0.25) is 0 Å². The predicted octanol–water partition coefficient (Wildman–Crippen LogP) is 0.233. The van der Waals surface area contributed by atoms with E-state index in [1.54, 1.807) is 7.11 Å². The molecule has 4 nitrogen and oxygen atoms in total. The highest BCUT2D eigenvalue weighted by atomic mass is 16.5. The Labute approximate surface area is 85.6 Å². The molecule has 1 heterocycles. The van der Waals surface area contributed by atoms with Crippen molar-refractivity contribution in [1.29, 1.82) is 0 Å². The summed E-state index contributed by atoms with van der Waals surface area (Å²) in [6.45, 7) is 7.09. The number of rotatable bonds is 3. The lowest BCUT2D eigenvalue weighted by Gasteiger charge is -2.36. The molecule has 0 bridgehead atoms. The van der Waals surface area contributed by atoms with Crippen LogP contribution in [0.25, 0.3) is 0 Å². The summed E-state index contributed by atoms with van der Waals surface area (Å²) in [5.74, 6) is 0.219. The molecule has 4 heteroatoms. The van der Waals surface area contributed by atoms with Crippen LogP contribution >= 0.6 is 0 Å². The molecule has 0 aromatic rings. The number of ether oxygens (including phenoxy) is 1. The minimum atomic E-state index is -0.105. The SMILES string of the molecule is COCCN1C(=O)CCNCC1(C)C. The van der Waals surface area contributed by atoms with Crippen molar-refractivity contribution in [3.8, 4) is 0 Å². The van der Waals surface area contributed by atoms with Gasteiger partial charge in [0.2, 0.25) is 5.91 Å². The van der Waals surface area contributed by atoms with Crippen LogP contribution in [0.15, 0.2) is 0 Å². The molecule has 82 valence electrons. The van der Waals surface area contributed by atoms with Crippen LogP contribution in [0.5, 0.6) is 0 Å². The Hall–Kier alpha value is -0.610. The van der Waals surface area contributed by atoms with Crippen molar-refractivity contribution in [2.24, 2.45) is 0 Å². The molecule has 0 atom stereocenters. The van der Waals surface area contributed by atoms with Gasteiger partial charge >= 0.3 is 0 Å². The van der Waals surface area contributed by atoms with E-state index in [0.29, 0.717) is 19.6 Å². The van der Waals surface area contributed by atoms with Gasteiger partial charge in [-0.25, -0.2) is 0 Å². The van der Waals surface area contributed by atoms with E-state index >= 15 is 0 Å². The van der Waals surface area contributed by atoms with Gasteiger partial charge in [-0.1, -0.05) is 0 Å². The lowest BCUT2D eigenvalue weighted by molar-refractivity contribution is -0.135. The normalized spacial score (nSPS) is 22.2. The van der Waals surface area contributed by atoms with E-state index < -0.39 is 0 Å². The standard InChI is InChI=1S/C10H20N2O2/c1-10(2)8-11-5-4-9(13)12(10)6-7-14-3/h11H,4-8H2,1-3H3. The second kappa shape index (κ2) is 4.75. The average molecular weight is 200 g/mol. The molecule has 0 saturated carbocycles. The Morgan fingerprint density at radius 2 is 2.29 bits per heavy atom. The minimum Gasteiger partial charge on any atom is -0.383 e. The number of hydrogen-bond donors (Lipinski definition) is 1. The fraction of sp³-hybridized carbons (Fsp3) is 0.900. The van der Waals surface area contributed by atoms with Gasteiger partial charge in [0.1, 0.15) is 0 Å². The second-order valence-corrected chi connectivity index (χ2v) is 4.28. The molecule has 1 saturated heterocycles. The molecule has 1 fully saturated rings. The van der Waals surface area contributed by atoms with Crippen molar-refractivity contribution < 1.29 is 9.53 Å². The van der Waals surface area contributed by atoms with Gasteiger partial charge in [-0.05, 0) is 13.8 Å². The first-order chi connectivity index (χ1) is 6.58. The van der Waals surface area contributed by atoms with Gasteiger partial charge in [-0.15, -0.1) is 0 Å². The van der Waals surface area contributed by atoms with Crippen LogP contribution in [0.1, 0.15) is 20.3 Å². The van der Waals surface area contributed by atoms with Crippen LogP contribution in [-0.2, 0) is 9.53 Å². The number of nitrogens with zero attached hydrogens (tertiary/aromatic N) is 1. The van der Waals surface area contributed by atoms with Gasteiger partial charge < -0.3 is 15.0 Å². The summed E-state index contributed by atoms with van der Waals surface area (Å²) in [5.41, 5.74) is -0.105. The van der Waals surface area contributed by atoms with Crippen molar-refractivity contribution >= 4 is 5.91 Å². The summed E-state index contributed by atoms with van der Waals surface area (Å²) in [5, 5.41) is 3.27. The van der Waals surface area contributed by atoms with Crippen LogP contribution in [0.4, 0.5) is 0 Å². The fourth-order valence-corrected chi connectivity index (χ4v) is 1.77. The number of carbonyl (C=O) groups excluding carboxylic acids is 1. The molecule has 1 aliphatic rings. The Morgan fingerprint density at radius 1 is 1.57 bits per heavy atom. The molecule has 1 aliphatic heterocycles. The molecule has 1 rings (SSSR count). The summed E-state index contributed by atoms with van der Waals surface area (Å²) in [4.78, 5) is 13.7. The minimum absolute atomic E-state index is 0.105. The molecule has 0 spiro atoms. The maximum absolute atomic E-state index is 11.8. The fourth-order valence-electron chi connectivity index (χ4n) is 1.77. The lowest BCUT2D eigenvalue weighted by Crippen LogP contribution is -2.51. The zero-order valence-corrected chi connectivity index (χ0v) is 9.30. The van der Waals surface area contributed by atoms with Gasteiger partial charge in [0, 0.05) is 38.7 Å². The van der Waals surface area contributed by atoms with Crippen LogP contribution < -0.4 is 5.32 Å². The van der Waals surface area contributed by atoms with E-state index in [-0.39, 0.29) is 11.4 Å². The highest BCUT2D eigenvalue weighted by Crippen LogP contribution is 2.16. The van der Waals surface area contributed by atoms with E-state index in [1.165, 1.54) is 0 Å². The van der Waals surface area contributed by atoms with Crippen LogP contribution in [-0.4, -0.2) is 49.7 Å². The molecule has 0 aromatic carbocycles. The van der Waals surface area contributed by atoms with E-state index in [4.69, 9.17) is 4.74 Å². The topological polar surface area (TPSA) is 41.6 Å². The summed E-state index contributed by atoms with van der Waals surface area (Å²) in [6, 6.07) is 0. The highest BCUT2D eigenvalue weighted by Gasteiger charge is 2.31. The number of carbonyl (C=O) groups is 1. The van der Waals surface area contributed by atoms with Gasteiger partial charge in [-0.2, -0.15) is 0 Å². The maximum atomic E-state index is 11.8. The lowest BCUT2D eigenvalue weighted by atomic mass is 10.0. The van der Waals surface area contributed by atoms with Gasteiger partial charge in [0.25, 0.3) is 0 Å². The molecular formula is C10H20N2O2. The zero-order valence-electron chi connectivity index (χ0n) is 9.30. The smallest absolute Gasteiger partial charge is 0.224 e. The summed E-state index contributed by atoms with van der Waals surface area (Å²) in [7, 11) is 1.66. The first-order valence-electron chi connectivity index (χ1n) is 5.08. The molecule has 0 aliphatic carbocycles. The Morgan fingerprint density at radius 3 is 2.93 bits per heavy atom. The first-order valence-corrected chi connectivity index (χ1v) is 5.08. The molecule has 1 amide bonds. The number of amides is 1. The highest BCUT2D eigenvalue weighted by molar-refractivity contribution is 5.77. The molecule has 14 heavy (non-hydrogen) atoms. The third kappa shape index (κ3) is 2.69. The number of nitrogens with one attached hydrogen (secondary N) is 1. The van der Waals surface area contributed by atoms with Crippen molar-refractivity contribution in [2.45, 2.75) is 25.8 Å². The van der Waals surface area contributed by atoms with E-state index in [1.807, 2.05) is 4.90 Å². The molecular weight excluding hydrogens is 180 g/mol. The van der Waals surface area contributed by atoms with Crippen molar-refractivity contribution in [2.75, 3.05) is 33.4 Å². The van der Waals surface area contributed by atoms with Crippen molar-refractivity contribution in [1.82, 2.24) is 10.2 Å². The first kappa shape index (κ1) is 11.5. The summed E-state index contributed by atoms with van der Waals surface area (Å²) in [6.07, 6.45) is 0.590. The Kier molecular flexibility index (Phi) is 3.89. The molecule has 1 N–H and O–H groups in total.